The number of amidine groups is 1. The molecule has 1 heterocycles. The van der Waals surface area contributed by atoms with Gasteiger partial charge in [-0.15, -0.1) is 0 Å². The molecule has 0 aliphatic rings. The maximum absolute atomic E-state index is 8.25. The largest absolute Gasteiger partial charge is 0.409 e. The maximum Gasteiger partial charge on any atom is 0.140 e. The average molecular weight is 168 g/mol. The Morgan fingerprint density at radius 2 is 2.58 bits per heavy atom. The van der Waals surface area contributed by atoms with E-state index in [0.29, 0.717) is 13.0 Å². The van der Waals surface area contributed by atoms with E-state index in [0.717, 1.165) is 5.69 Å². The third-order valence-corrected chi connectivity index (χ3v) is 1.50. The number of hydrogen-bond donors (Lipinski definition) is 2. The Kier molecular flexibility index (Phi) is 2.68. The maximum atomic E-state index is 8.25. The first kappa shape index (κ1) is 8.58. The fraction of sp³-hybridized carbons (Fsp3) is 0.429. The summed E-state index contributed by atoms with van der Waals surface area (Å²) < 4.78 is 1.76. The fourth-order valence-electron chi connectivity index (χ4n) is 0.867. The molecule has 5 heteroatoms. The van der Waals surface area contributed by atoms with Crippen LogP contribution in [0.3, 0.4) is 0 Å². The predicted molar refractivity (Wildman–Crippen MR) is 45.0 cm³/mol. The van der Waals surface area contributed by atoms with E-state index < -0.39 is 0 Å². The van der Waals surface area contributed by atoms with Crippen LogP contribution in [0.25, 0.3) is 0 Å². The van der Waals surface area contributed by atoms with Crippen LogP contribution in [0.15, 0.2) is 17.4 Å². The van der Waals surface area contributed by atoms with Gasteiger partial charge in [0.2, 0.25) is 0 Å². The van der Waals surface area contributed by atoms with Crippen molar-refractivity contribution in [2.75, 3.05) is 0 Å². The highest BCUT2D eigenvalue weighted by Crippen LogP contribution is 1.94. The zero-order valence-electron chi connectivity index (χ0n) is 6.94. The molecule has 0 bridgehead atoms. The van der Waals surface area contributed by atoms with Crippen molar-refractivity contribution >= 4 is 5.84 Å². The summed E-state index contributed by atoms with van der Waals surface area (Å²) in [5.74, 6) is 0.225. The minimum atomic E-state index is 0.225. The summed E-state index contributed by atoms with van der Waals surface area (Å²) in [5, 5.41) is 15.3. The van der Waals surface area contributed by atoms with Gasteiger partial charge in [-0.25, -0.2) is 0 Å². The highest BCUT2D eigenvalue weighted by Gasteiger charge is 1.96. The van der Waals surface area contributed by atoms with Crippen molar-refractivity contribution in [1.29, 1.82) is 0 Å². The van der Waals surface area contributed by atoms with Gasteiger partial charge in [0.25, 0.3) is 0 Å². The van der Waals surface area contributed by atoms with Gasteiger partial charge in [-0.2, -0.15) is 5.10 Å². The van der Waals surface area contributed by atoms with Gasteiger partial charge in [-0.3, -0.25) is 4.68 Å². The Bertz CT molecular complexity index is 279. The Hall–Kier alpha value is -1.52. The van der Waals surface area contributed by atoms with E-state index in [-0.39, 0.29) is 5.84 Å². The molecule has 0 saturated heterocycles. The smallest absolute Gasteiger partial charge is 0.140 e. The lowest BCUT2D eigenvalue weighted by Crippen LogP contribution is -2.14. The van der Waals surface area contributed by atoms with Crippen molar-refractivity contribution < 1.29 is 5.21 Å². The lowest BCUT2D eigenvalue weighted by atomic mass is 10.4. The van der Waals surface area contributed by atoms with Crippen LogP contribution in [0.2, 0.25) is 0 Å². The standard InChI is InChI=1S/C7H12N4O/c1-6-2-4-11(9-6)5-3-7(8)10-12/h2,4,12H,3,5H2,1H3,(H2,8,10). The molecule has 0 saturated carbocycles. The van der Waals surface area contributed by atoms with Gasteiger partial charge in [0.15, 0.2) is 0 Å². The van der Waals surface area contributed by atoms with E-state index in [2.05, 4.69) is 10.3 Å². The summed E-state index contributed by atoms with van der Waals surface area (Å²) in [6.45, 7) is 2.56. The second-order valence-electron chi connectivity index (χ2n) is 2.56. The average Bonchev–Trinajstić information content (AvgIpc) is 2.47. The summed E-state index contributed by atoms with van der Waals surface area (Å²) >= 11 is 0. The monoisotopic (exact) mass is 168 g/mol. The molecule has 0 aromatic carbocycles. The van der Waals surface area contributed by atoms with Crippen molar-refractivity contribution in [3.05, 3.63) is 18.0 Å². The van der Waals surface area contributed by atoms with Crippen LogP contribution in [0.4, 0.5) is 0 Å². The molecule has 0 fully saturated rings. The molecule has 0 atom stereocenters. The number of aromatic nitrogens is 2. The Morgan fingerprint density at radius 1 is 1.83 bits per heavy atom. The Balaban J connectivity index is 2.43. The van der Waals surface area contributed by atoms with Gasteiger partial charge in [-0.05, 0) is 13.0 Å². The lowest BCUT2D eigenvalue weighted by molar-refractivity contribution is 0.316. The van der Waals surface area contributed by atoms with Crippen molar-refractivity contribution in [3.8, 4) is 0 Å². The van der Waals surface area contributed by atoms with Crippen LogP contribution in [0, 0.1) is 6.92 Å². The zero-order chi connectivity index (χ0) is 8.97. The SMILES string of the molecule is Cc1ccn(CCC(N)=NO)n1. The van der Waals surface area contributed by atoms with Crippen LogP contribution in [-0.4, -0.2) is 20.8 Å². The number of nitrogens with two attached hydrogens (primary N) is 1. The van der Waals surface area contributed by atoms with E-state index >= 15 is 0 Å². The van der Waals surface area contributed by atoms with E-state index in [1.165, 1.54) is 0 Å². The van der Waals surface area contributed by atoms with Crippen molar-refractivity contribution in [2.45, 2.75) is 19.9 Å². The molecule has 0 radical (unpaired) electrons. The van der Waals surface area contributed by atoms with E-state index in [1.54, 1.807) is 4.68 Å². The van der Waals surface area contributed by atoms with Gasteiger partial charge in [-0.1, -0.05) is 5.16 Å². The van der Waals surface area contributed by atoms with Crippen LogP contribution in [0.1, 0.15) is 12.1 Å². The molecule has 0 spiro atoms. The molecular formula is C7H12N4O. The van der Waals surface area contributed by atoms with Gasteiger partial charge in [0.05, 0.1) is 5.69 Å². The Morgan fingerprint density at radius 3 is 3.08 bits per heavy atom. The van der Waals surface area contributed by atoms with Gasteiger partial charge in [0.1, 0.15) is 5.84 Å². The molecule has 1 aromatic rings. The van der Waals surface area contributed by atoms with Crippen LogP contribution < -0.4 is 5.73 Å². The van der Waals surface area contributed by atoms with Gasteiger partial charge >= 0.3 is 0 Å². The molecule has 0 amide bonds. The van der Waals surface area contributed by atoms with E-state index in [1.807, 2.05) is 19.2 Å². The summed E-state index contributed by atoms with van der Waals surface area (Å²) in [5.41, 5.74) is 6.25. The molecule has 12 heavy (non-hydrogen) atoms. The zero-order valence-corrected chi connectivity index (χ0v) is 6.94. The van der Waals surface area contributed by atoms with Crippen molar-refractivity contribution in [2.24, 2.45) is 10.9 Å². The first-order valence-electron chi connectivity index (χ1n) is 3.69. The first-order chi connectivity index (χ1) is 5.72. The topological polar surface area (TPSA) is 76.4 Å². The molecule has 0 aliphatic carbocycles. The second-order valence-corrected chi connectivity index (χ2v) is 2.56. The van der Waals surface area contributed by atoms with Crippen LogP contribution in [-0.2, 0) is 6.54 Å². The number of aryl methyl sites for hydroxylation is 2. The highest BCUT2D eigenvalue weighted by molar-refractivity contribution is 5.79. The van der Waals surface area contributed by atoms with Crippen molar-refractivity contribution in [1.82, 2.24) is 9.78 Å². The summed E-state index contributed by atoms with van der Waals surface area (Å²) in [7, 11) is 0. The third kappa shape index (κ3) is 2.26. The first-order valence-corrected chi connectivity index (χ1v) is 3.69. The van der Waals surface area contributed by atoms with Crippen LogP contribution in [0.5, 0.6) is 0 Å². The van der Waals surface area contributed by atoms with Gasteiger partial charge in [0, 0.05) is 19.2 Å². The molecule has 5 nitrogen and oxygen atoms in total. The number of hydrogen-bond acceptors (Lipinski definition) is 3. The molecule has 66 valence electrons. The second kappa shape index (κ2) is 3.75. The van der Waals surface area contributed by atoms with E-state index in [9.17, 15) is 0 Å². The Labute approximate surface area is 70.5 Å². The normalized spacial score (nSPS) is 11.9. The van der Waals surface area contributed by atoms with E-state index in [4.69, 9.17) is 10.9 Å². The minimum Gasteiger partial charge on any atom is -0.409 e. The fourth-order valence-corrected chi connectivity index (χ4v) is 0.867. The number of rotatable bonds is 3. The minimum absolute atomic E-state index is 0.225. The number of oxime groups is 1. The molecule has 0 unspecified atom stereocenters. The van der Waals surface area contributed by atoms with Crippen molar-refractivity contribution in [3.63, 3.8) is 0 Å². The predicted octanol–water partition coefficient (Wildman–Crippen LogP) is 0.328. The summed E-state index contributed by atoms with van der Waals surface area (Å²) in [6, 6.07) is 1.91. The highest BCUT2D eigenvalue weighted by atomic mass is 16.4. The third-order valence-electron chi connectivity index (χ3n) is 1.50. The molecule has 1 rings (SSSR count). The molecule has 0 aliphatic heterocycles. The lowest BCUT2D eigenvalue weighted by Gasteiger charge is -1.98. The molecule has 1 aromatic heterocycles. The summed E-state index contributed by atoms with van der Waals surface area (Å²) in [4.78, 5) is 0. The molecular weight excluding hydrogens is 156 g/mol. The van der Waals surface area contributed by atoms with Crippen LogP contribution >= 0.6 is 0 Å². The molecule has 3 N–H and O–H groups in total. The van der Waals surface area contributed by atoms with Gasteiger partial charge < -0.3 is 10.9 Å². The summed E-state index contributed by atoms with van der Waals surface area (Å²) in [6.07, 6.45) is 2.37. The number of nitrogens with zero attached hydrogens (tertiary/aromatic N) is 3. The quantitative estimate of drug-likeness (QED) is 0.295.